The summed E-state index contributed by atoms with van der Waals surface area (Å²) < 4.78 is 5.65. The Hall–Kier alpha value is -1.92. The number of nitrogens with one attached hydrogen (secondary N) is 2. The lowest BCUT2D eigenvalue weighted by molar-refractivity contribution is 0.241. The molecule has 0 unspecified atom stereocenters. The zero-order valence-corrected chi connectivity index (χ0v) is 13.5. The van der Waals surface area contributed by atoms with Crippen molar-refractivity contribution in [3.63, 3.8) is 0 Å². The molecule has 6 heteroatoms. The van der Waals surface area contributed by atoms with Gasteiger partial charge in [-0.1, -0.05) is 6.07 Å². The van der Waals surface area contributed by atoms with Crippen LogP contribution in [0.3, 0.4) is 0 Å². The molecule has 116 valence electrons. The van der Waals surface area contributed by atoms with Crippen molar-refractivity contribution in [1.29, 1.82) is 0 Å². The van der Waals surface area contributed by atoms with Gasteiger partial charge in [-0.2, -0.15) is 0 Å². The van der Waals surface area contributed by atoms with Crippen LogP contribution in [0.15, 0.2) is 23.0 Å². The van der Waals surface area contributed by atoms with Crippen LogP contribution in [-0.2, 0) is 19.5 Å². The van der Waals surface area contributed by atoms with Crippen LogP contribution in [0.25, 0.3) is 0 Å². The third-order valence-corrected chi connectivity index (χ3v) is 4.34. The van der Waals surface area contributed by atoms with E-state index in [0.717, 1.165) is 36.5 Å². The van der Waals surface area contributed by atoms with E-state index in [9.17, 15) is 4.79 Å². The summed E-state index contributed by atoms with van der Waals surface area (Å²) in [5.74, 6) is 0.870. The molecule has 0 saturated carbocycles. The molecule has 0 atom stereocenters. The van der Waals surface area contributed by atoms with E-state index < -0.39 is 0 Å². The lowest BCUT2D eigenvalue weighted by Crippen LogP contribution is -2.35. The van der Waals surface area contributed by atoms with Crippen molar-refractivity contribution in [1.82, 2.24) is 14.9 Å². The first-order valence-corrected chi connectivity index (χ1v) is 7.68. The van der Waals surface area contributed by atoms with Gasteiger partial charge < -0.3 is 9.72 Å². The molecule has 22 heavy (non-hydrogen) atoms. The Bertz CT molecular complexity index is 810. The Balaban J connectivity index is 1.81. The number of nitrogens with zero attached hydrogens (tertiary/aromatic N) is 1. The smallest absolute Gasteiger partial charge is 0.256 e. The van der Waals surface area contributed by atoms with Crippen LogP contribution in [0.2, 0.25) is 0 Å². The minimum Gasteiger partial charge on any atom is -0.497 e. The molecule has 0 fully saturated rings. The number of rotatable bonds is 3. The fourth-order valence-electron chi connectivity index (χ4n) is 2.86. The molecular weight excluding hydrogens is 298 g/mol. The maximum absolute atomic E-state index is 12.0. The van der Waals surface area contributed by atoms with E-state index in [2.05, 4.69) is 27.9 Å². The summed E-state index contributed by atoms with van der Waals surface area (Å²) in [5.41, 5.74) is 4.15. The Morgan fingerprint density at radius 2 is 2.18 bits per heavy atom. The van der Waals surface area contributed by atoms with Crippen molar-refractivity contribution < 1.29 is 4.74 Å². The second-order valence-electron chi connectivity index (χ2n) is 5.62. The molecular formula is C16H19N3O2S. The largest absolute Gasteiger partial charge is 0.497 e. The van der Waals surface area contributed by atoms with E-state index in [0.29, 0.717) is 11.3 Å². The molecule has 2 N–H and O–H groups in total. The Morgan fingerprint density at radius 1 is 1.36 bits per heavy atom. The first-order chi connectivity index (χ1) is 10.6. The highest BCUT2D eigenvalue weighted by Crippen LogP contribution is 2.21. The monoisotopic (exact) mass is 317 g/mol. The van der Waals surface area contributed by atoms with E-state index in [1.165, 1.54) is 11.1 Å². The topological polar surface area (TPSA) is 61.1 Å². The van der Waals surface area contributed by atoms with Gasteiger partial charge in [-0.3, -0.25) is 14.7 Å². The molecule has 5 nitrogen and oxygen atoms in total. The summed E-state index contributed by atoms with van der Waals surface area (Å²) in [5, 5.41) is 0. The fraction of sp³-hybridized carbons (Fsp3) is 0.375. The van der Waals surface area contributed by atoms with Gasteiger partial charge >= 0.3 is 0 Å². The van der Waals surface area contributed by atoms with Crippen molar-refractivity contribution in [2.75, 3.05) is 13.7 Å². The van der Waals surface area contributed by atoms with Crippen LogP contribution in [0.5, 0.6) is 5.75 Å². The van der Waals surface area contributed by atoms with E-state index >= 15 is 0 Å². The number of ether oxygens (including phenoxy) is 1. The molecule has 3 rings (SSSR count). The number of aromatic nitrogens is 2. The lowest BCUT2D eigenvalue weighted by atomic mass is 10.0. The highest BCUT2D eigenvalue weighted by atomic mass is 32.1. The number of H-pyrrole nitrogens is 2. The predicted octanol–water partition coefficient (Wildman–Crippen LogP) is 2.31. The number of fused-ring (bicyclic) bond motifs is 1. The van der Waals surface area contributed by atoms with Crippen molar-refractivity contribution in [2.24, 2.45) is 0 Å². The summed E-state index contributed by atoms with van der Waals surface area (Å²) >= 11 is 5.02. The van der Waals surface area contributed by atoms with Gasteiger partial charge in [0.1, 0.15) is 5.75 Å². The van der Waals surface area contributed by atoms with Gasteiger partial charge in [-0.05, 0) is 42.4 Å². The van der Waals surface area contributed by atoms with Crippen molar-refractivity contribution in [3.05, 3.63) is 55.7 Å². The highest BCUT2D eigenvalue weighted by Gasteiger charge is 2.20. The molecule has 2 heterocycles. The van der Waals surface area contributed by atoms with Gasteiger partial charge in [-0.25, -0.2) is 0 Å². The summed E-state index contributed by atoms with van der Waals surface area (Å²) in [7, 11) is 1.67. The quantitative estimate of drug-likeness (QED) is 0.853. The molecule has 0 saturated heterocycles. The SMILES string of the molecule is COc1ccc(CN2CCc3[nH]c(=S)[nH]c(=O)c3C2)c(C)c1. The third-order valence-electron chi connectivity index (χ3n) is 4.13. The Kier molecular flexibility index (Phi) is 4.13. The molecule has 1 aromatic carbocycles. The first-order valence-electron chi connectivity index (χ1n) is 7.27. The zero-order valence-electron chi connectivity index (χ0n) is 12.7. The summed E-state index contributed by atoms with van der Waals surface area (Å²) in [6.07, 6.45) is 0.818. The predicted molar refractivity (Wildman–Crippen MR) is 87.8 cm³/mol. The zero-order chi connectivity index (χ0) is 15.7. The summed E-state index contributed by atoms with van der Waals surface area (Å²) in [6.45, 7) is 4.46. The number of benzene rings is 1. The number of hydrogen-bond donors (Lipinski definition) is 2. The van der Waals surface area contributed by atoms with Gasteiger partial charge in [-0.15, -0.1) is 0 Å². The van der Waals surface area contributed by atoms with Crippen LogP contribution >= 0.6 is 12.2 Å². The Morgan fingerprint density at radius 3 is 2.91 bits per heavy atom. The van der Waals surface area contributed by atoms with Crippen LogP contribution < -0.4 is 10.3 Å². The molecule has 0 bridgehead atoms. The average Bonchev–Trinajstić information content (AvgIpc) is 2.49. The summed E-state index contributed by atoms with van der Waals surface area (Å²) in [6, 6.07) is 6.11. The fourth-order valence-corrected chi connectivity index (χ4v) is 3.08. The van der Waals surface area contributed by atoms with Crippen LogP contribution in [0.1, 0.15) is 22.4 Å². The molecule has 0 amide bonds. The number of hydrogen-bond acceptors (Lipinski definition) is 4. The van der Waals surface area contributed by atoms with Crippen molar-refractivity contribution in [3.8, 4) is 5.75 Å². The van der Waals surface area contributed by atoms with E-state index in [4.69, 9.17) is 17.0 Å². The van der Waals surface area contributed by atoms with Crippen LogP contribution in [0, 0.1) is 11.7 Å². The highest BCUT2D eigenvalue weighted by molar-refractivity contribution is 7.71. The minimum atomic E-state index is -0.0742. The molecule has 1 aliphatic heterocycles. The second-order valence-corrected chi connectivity index (χ2v) is 6.03. The van der Waals surface area contributed by atoms with Gasteiger partial charge in [0.25, 0.3) is 5.56 Å². The van der Waals surface area contributed by atoms with Gasteiger partial charge in [0, 0.05) is 31.7 Å². The second kappa shape index (κ2) is 6.06. The average molecular weight is 317 g/mol. The molecule has 0 radical (unpaired) electrons. The summed E-state index contributed by atoms with van der Waals surface area (Å²) in [4.78, 5) is 20.1. The first kappa shape index (κ1) is 15.0. The van der Waals surface area contributed by atoms with Crippen LogP contribution in [0.4, 0.5) is 0 Å². The number of methoxy groups -OCH3 is 1. The van der Waals surface area contributed by atoms with Gasteiger partial charge in [0.05, 0.1) is 12.7 Å². The van der Waals surface area contributed by atoms with Crippen molar-refractivity contribution in [2.45, 2.75) is 26.4 Å². The normalized spacial score (nSPS) is 14.6. The van der Waals surface area contributed by atoms with Crippen LogP contribution in [-0.4, -0.2) is 28.5 Å². The molecule has 2 aromatic rings. The standard InChI is InChI=1S/C16H19N3O2S/c1-10-7-12(21-2)4-3-11(10)8-19-6-5-14-13(9-19)15(20)18-16(22)17-14/h3-4,7H,5-6,8-9H2,1-2H3,(H2,17,18,20,22). The van der Waals surface area contributed by atoms with E-state index in [1.54, 1.807) is 7.11 Å². The number of aromatic amines is 2. The molecule has 1 aliphatic rings. The van der Waals surface area contributed by atoms with E-state index in [-0.39, 0.29) is 5.56 Å². The maximum atomic E-state index is 12.0. The molecule has 0 aliphatic carbocycles. The molecule has 1 aromatic heterocycles. The Labute approximate surface area is 134 Å². The number of aryl methyl sites for hydroxylation is 1. The van der Waals surface area contributed by atoms with Gasteiger partial charge in [0.15, 0.2) is 4.77 Å². The maximum Gasteiger partial charge on any atom is 0.256 e. The van der Waals surface area contributed by atoms with Gasteiger partial charge in [0.2, 0.25) is 0 Å². The third kappa shape index (κ3) is 2.98. The lowest BCUT2D eigenvalue weighted by Gasteiger charge is -2.28. The minimum absolute atomic E-state index is 0.0742. The van der Waals surface area contributed by atoms with Crippen molar-refractivity contribution >= 4 is 12.2 Å². The van der Waals surface area contributed by atoms with E-state index in [1.807, 2.05) is 12.1 Å². The molecule has 0 spiro atoms.